The number of nitrogens with two attached hydrogens (primary N) is 1. The van der Waals surface area contributed by atoms with Crippen molar-refractivity contribution >= 4 is 50.9 Å². The third kappa shape index (κ3) is 4.39. The monoisotopic (exact) mass is 519 g/mol. The van der Waals surface area contributed by atoms with Crippen LogP contribution in [-0.2, 0) is 6.42 Å². The Morgan fingerprint density at radius 3 is 2.84 bits per heavy atom. The molecule has 6 rings (SSSR count). The van der Waals surface area contributed by atoms with E-state index in [1.807, 2.05) is 18.2 Å². The summed E-state index contributed by atoms with van der Waals surface area (Å²) < 4.78 is 1.15. The van der Waals surface area contributed by atoms with Gasteiger partial charge in [-0.2, -0.15) is 0 Å². The zero-order valence-corrected chi connectivity index (χ0v) is 22.1. The molecular formula is C31H29N5OS. The molecule has 5 N–H and O–H groups in total. The summed E-state index contributed by atoms with van der Waals surface area (Å²) in [6.45, 7) is 4.28. The molecule has 190 valence electrons. The molecule has 2 aliphatic carbocycles. The molecule has 1 amide bonds. The second kappa shape index (κ2) is 9.58. The zero-order chi connectivity index (χ0) is 26.4. The van der Waals surface area contributed by atoms with E-state index in [4.69, 9.17) is 16.1 Å². The van der Waals surface area contributed by atoms with Crippen molar-refractivity contribution in [2.24, 2.45) is 11.8 Å². The summed E-state index contributed by atoms with van der Waals surface area (Å²) in [4.78, 5) is 22.8. The topological polar surface area (TPSA) is 108 Å². The normalized spacial score (nSPS) is 20.3. The van der Waals surface area contributed by atoms with Gasteiger partial charge in [0.25, 0.3) is 5.91 Å². The number of aromatic amines is 1. The number of hydrogen-bond acceptors (Lipinski definition) is 5. The lowest BCUT2D eigenvalue weighted by Gasteiger charge is -2.24. The van der Waals surface area contributed by atoms with Crippen molar-refractivity contribution in [1.29, 1.82) is 5.41 Å². The van der Waals surface area contributed by atoms with Crippen molar-refractivity contribution in [3.8, 4) is 10.4 Å². The van der Waals surface area contributed by atoms with Gasteiger partial charge in [-0.1, -0.05) is 56.4 Å². The third-order valence-corrected chi connectivity index (χ3v) is 8.47. The number of aromatic nitrogens is 2. The van der Waals surface area contributed by atoms with Crippen LogP contribution < -0.4 is 11.1 Å². The maximum absolute atomic E-state index is 13.5. The van der Waals surface area contributed by atoms with Crippen LogP contribution in [0.1, 0.15) is 47.0 Å². The van der Waals surface area contributed by atoms with Crippen LogP contribution >= 0.6 is 11.3 Å². The lowest BCUT2D eigenvalue weighted by Crippen LogP contribution is -2.38. The molecule has 0 bridgehead atoms. The van der Waals surface area contributed by atoms with E-state index in [2.05, 4.69) is 72.7 Å². The number of allylic oxidation sites excluding steroid dienone is 3. The average molecular weight is 520 g/mol. The summed E-state index contributed by atoms with van der Waals surface area (Å²) in [6, 6.07) is 13.6. The quantitative estimate of drug-likeness (QED) is 0.179. The van der Waals surface area contributed by atoms with Gasteiger partial charge in [-0.3, -0.25) is 4.79 Å². The summed E-state index contributed by atoms with van der Waals surface area (Å²) in [5, 5.41) is 12.2. The Hall–Kier alpha value is -4.23. The zero-order valence-electron chi connectivity index (χ0n) is 21.3. The maximum atomic E-state index is 13.5. The van der Waals surface area contributed by atoms with Crippen molar-refractivity contribution < 1.29 is 4.79 Å². The number of rotatable bonds is 5. The number of nitrogen functional groups attached to an aromatic ring is 1. The number of benzene rings is 2. The number of anilines is 1. The Balaban J connectivity index is 1.30. The number of carbonyl (C=O) groups excluding carboxylic acids is 1. The van der Waals surface area contributed by atoms with Crippen LogP contribution in [0.2, 0.25) is 0 Å². The third-order valence-electron chi connectivity index (χ3n) is 7.32. The van der Waals surface area contributed by atoms with Gasteiger partial charge >= 0.3 is 0 Å². The van der Waals surface area contributed by atoms with E-state index in [-0.39, 0.29) is 17.9 Å². The molecule has 0 fully saturated rings. The van der Waals surface area contributed by atoms with Gasteiger partial charge in [0.05, 0.1) is 11.7 Å². The van der Waals surface area contributed by atoms with Gasteiger partial charge in [0.2, 0.25) is 0 Å². The molecule has 3 unspecified atom stereocenters. The molecule has 2 aromatic heterocycles. The molecule has 0 spiro atoms. The number of thiophene rings is 1. The van der Waals surface area contributed by atoms with Crippen molar-refractivity contribution in [2.45, 2.75) is 26.3 Å². The van der Waals surface area contributed by atoms with E-state index < -0.39 is 0 Å². The smallest absolute Gasteiger partial charge is 0.251 e. The van der Waals surface area contributed by atoms with Crippen LogP contribution in [0, 0.1) is 17.2 Å². The molecule has 0 aliphatic heterocycles. The number of H-pyrrole nitrogens is 1. The molecule has 6 nitrogen and oxygen atoms in total. The maximum Gasteiger partial charge on any atom is 0.251 e. The van der Waals surface area contributed by atoms with Crippen LogP contribution in [-0.4, -0.2) is 28.1 Å². The average Bonchev–Trinajstić information content (AvgIpc) is 3.54. The van der Waals surface area contributed by atoms with E-state index in [0.717, 1.165) is 49.7 Å². The first-order chi connectivity index (χ1) is 18.4. The number of fused-ring (bicyclic) bond motifs is 2. The van der Waals surface area contributed by atoms with Crippen LogP contribution in [0.5, 0.6) is 0 Å². The minimum absolute atomic E-state index is 0.116. The van der Waals surface area contributed by atoms with E-state index in [9.17, 15) is 4.79 Å². The van der Waals surface area contributed by atoms with Crippen molar-refractivity contribution in [2.75, 3.05) is 5.73 Å². The number of carbonyl (C=O) groups is 1. The van der Waals surface area contributed by atoms with Crippen LogP contribution in [0.3, 0.4) is 0 Å². The largest absolute Gasteiger partial charge is 0.398 e. The van der Waals surface area contributed by atoms with Gasteiger partial charge in [-0.05, 0) is 54.0 Å². The second-order valence-electron chi connectivity index (χ2n) is 10.1. The molecule has 2 aromatic carbocycles. The molecule has 2 aliphatic rings. The first kappa shape index (κ1) is 24.1. The number of amides is 1. The number of nitrogens with zero attached hydrogens (tertiary/aromatic N) is 1. The molecular weight excluding hydrogens is 490 g/mol. The fraction of sp³-hybridized carbons (Fsp3) is 0.194. The van der Waals surface area contributed by atoms with Crippen LogP contribution in [0.4, 0.5) is 5.69 Å². The molecule has 4 aromatic rings. The Morgan fingerprint density at radius 2 is 2.03 bits per heavy atom. The summed E-state index contributed by atoms with van der Waals surface area (Å²) in [5.74, 6) is 1.22. The number of hydrogen-bond donors (Lipinski definition) is 4. The first-order valence-electron chi connectivity index (χ1n) is 12.8. The summed E-state index contributed by atoms with van der Waals surface area (Å²) in [7, 11) is 0. The van der Waals surface area contributed by atoms with E-state index in [1.54, 1.807) is 17.4 Å². The Morgan fingerprint density at radius 1 is 1.18 bits per heavy atom. The van der Waals surface area contributed by atoms with Gasteiger partial charge in [-0.15, -0.1) is 11.3 Å². The van der Waals surface area contributed by atoms with Crippen molar-refractivity contribution in [1.82, 2.24) is 15.3 Å². The Kier molecular flexibility index (Phi) is 6.08. The second-order valence-corrected chi connectivity index (χ2v) is 11.2. The predicted octanol–water partition coefficient (Wildman–Crippen LogP) is 6.46. The van der Waals surface area contributed by atoms with Crippen LogP contribution in [0.25, 0.3) is 32.2 Å². The lowest BCUT2D eigenvalue weighted by molar-refractivity contribution is 0.0938. The minimum Gasteiger partial charge on any atom is -0.398 e. The Bertz CT molecular complexity index is 1640. The van der Waals surface area contributed by atoms with Crippen molar-refractivity contribution in [3.63, 3.8) is 0 Å². The molecule has 0 radical (unpaired) electrons. The standard InChI is InChI=1S/C31H29N5OS/c1-17-7-10-24-26(11-17)35-30(34-24)20-9-8-18(2)25(14-20)36-31(37)21-12-22(16-32)29(33)23(13-21)28-15-19-5-3-4-6-27(19)38-28/h3-10,12-18,25,32H,11,33H2,1-2H3,(H,34,35)(H,36,37). The molecule has 38 heavy (non-hydrogen) atoms. The molecule has 2 heterocycles. The van der Waals surface area contributed by atoms with Gasteiger partial charge < -0.3 is 21.4 Å². The molecule has 0 saturated heterocycles. The highest BCUT2D eigenvalue weighted by atomic mass is 32.1. The van der Waals surface area contributed by atoms with Gasteiger partial charge in [0.15, 0.2) is 0 Å². The van der Waals surface area contributed by atoms with E-state index in [0.29, 0.717) is 22.7 Å². The van der Waals surface area contributed by atoms with E-state index >= 15 is 0 Å². The Labute approximate surface area is 225 Å². The molecule has 0 saturated carbocycles. The summed E-state index contributed by atoms with van der Waals surface area (Å²) >= 11 is 1.63. The van der Waals surface area contributed by atoms with Crippen LogP contribution in [0.15, 0.2) is 66.8 Å². The molecule has 3 atom stereocenters. The highest BCUT2D eigenvalue weighted by Crippen LogP contribution is 2.38. The highest BCUT2D eigenvalue weighted by molar-refractivity contribution is 7.22. The van der Waals surface area contributed by atoms with E-state index in [1.165, 1.54) is 6.21 Å². The van der Waals surface area contributed by atoms with Gasteiger partial charge in [-0.25, -0.2) is 4.98 Å². The first-order valence-corrected chi connectivity index (χ1v) is 13.6. The number of nitrogens with one attached hydrogen (secondary N) is 3. The predicted molar refractivity (Wildman–Crippen MR) is 158 cm³/mol. The van der Waals surface area contributed by atoms with Gasteiger partial charge in [0.1, 0.15) is 5.82 Å². The van der Waals surface area contributed by atoms with Gasteiger partial charge in [0, 0.05) is 49.4 Å². The van der Waals surface area contributed by atoms with Crippen molar-refractivity contribution in [3.05, 3.63) is 95.1 Å². The minimum atomic E-state index is -0.201. The SMILES string of the molecule is CC1C=Cc2nc(C3=CC(NC(=O)c4cc(C=N)c(N)c(-c5cc6ccccc6s5)c4)C(C)C=C3)[nH]c2C1. The number of imidazole rings is 1. The fourth-order valence-corrected chi connectivity index (χ4v) is 6.18. The molecule has 7 heteroatoms. The summed E-state index contributed by atoms with van der Waals surface area (Å²) in [6.07, 6.45) is 12.7. The summed E-state index contributed by atoms with van der Waals surface area (Å²) in [5.41, 5.74) is 11.8. The fourth-order valence-electron chi connectivity index (χ4n) is 5.08. The highest BCUT2D eigenvalue weighted by Gasteiger charge is 2.24. The lowest BCUT2D eigenvalue weighted by atomic mass is 9.92.